The van der Waals surface area contributed by atoms with Crippen LogP contribution in [0.1, 0.15) is 17.9 Å². The smallest absolute Gasteiger partial charge is 0.0837 e. The lowest BCUT2D eigenvalue weighted by Crippen LogP contribution is -2.27. The summed E-state index contributed by atoms with van der Waals surface area (Å²) in [5.74, 6) is 3.35. The van der Waals surface area contributed by atoms with Gasteiger partial charge in [-0.3, -0.25) is 0 Å². The quantitative estimate of drug-likeness (QED) is 0.867. The van der Waals surface area contributed by atoms with E-state index in [-0.39, 0.29) is 5.92 Å². The molecule has 1 fully saturated rings. The maximum Gasteiger partial charge on any atom is 0.0837 e. The fraction of sp³-hybridized carbons (Fsp3) is 0.500. The van der Waals surface area contributed by atoms with E-state index in [0.29, 0.717) is 0 Å². The van der Waals surface area contributed by atoms with Crippen LogP contribution in [0.2, 0.25) is 0 Å². The molecule has 17 heavy (non-hydrogen) atoms. The molecule has 0 aromatic heterocycles. The van der Waals surface area contributed by atoms with Crippen LogP contribution in [0.25, 0.3) is 0 Å². The second kappa shape index (κ2) is 6.68. The van der Waals surface area contributed by atoms with Gasteiger partial charge in [-0.05, 0) is 36.0 Å². The Hall–Kier alpha value is -0.980. The Kier molecular flexibility index (Phi) is 4.90. The van der Waals surface area contributed by atoms with Crippen molar-refractivity contribution in [2.75, 3.05) is 24.6 Å². The molecule has 0 amide bonds. The van der Waals surface area contributed by atoms with E-state index in [9.17, 15) is 5.26 Å². The van der Waals surface area contributed by atoms with E-state index in [0.717, 1.165) is 24.6 Å². The van der Waals surface area contributed by atoms with Gasteiger partial charge >= 0.3 is 0 Å². The van der Waals surface area contributed by atoms with E-state index in [4.69, 9.17) is 0 Å². The molecule has 0 aliphatic carbocycles. The van der Waals surface area contributed by atoms with Gasteiger partial charge in [-0.1, -0.05) is 30.3 Å². The molecule has 1 saturated heterocycles. The third-order valence-electron chi connectivity index (χ3n) is 3.16. The molecule has 0 spiro atoms. The molecule has 1 aromatic carbocycles. The number of nitrogens with zero attached hydrogens (tertiary/aromatic N) is 1. The Bertz CT molecular complexity index is 366. The SMILES string of the molecule is N#CC(CNCC1CCSC1)c1ccccc1. The van der Waals surface area contributed by atoms with E-state index >= 15 is 0 Å². The highest BCUT2D eigenvalue weighted by Crippen LogP contribution is 2.22. The molecule has 2 nitrogen and oxygen atoms in total. The van der Waals surface area contributed by atoms with Gasteiger partial charge in [-0.2, -0.15) is 17.0 Å². The fourth-order valence-corrected chi connectivity index (χ4v) is 3.38. The van der Waals surface area contributed by atoms with Gasteiger partial charge in [0.2, 0.25) is 0 Å². The van der Waals surface area contributed by atoms with Gasteiger partial charge in [0.15, 0.2) is 0 Å². The molecule has 3 heteroatoms. The van der Waals surface area contributed by atoms with Crippen LogP contribution >= 0.6 is 11.8 Å². The Labute approximate surface area is 107 Å². The summed E-state index contributed by atoms with van der Waals surface area (Å²) in [7, 11) is 0. The molecule has 0 bridgehead atoms. The molecule has 1 aromatic rings. The van der Waals surface area contributed by atoms with Crippen molar-refractivity contribution < 1.29 is 0 Å². The molecule has 0 radical (unpaired) electrons. The van der Waals surface area contributed by atoms with Gasteiger partial charge in [0.05, 0.1) is 12.0 Å². The number of rotatable bonds is 5. The topological polar surface area (TPSA) is 35.8 Å². The molecular weight excluding hydrogens is 228 g/mol. The highest BCUT2D eigenvalue weighted by molar-refractivity contribution is 7.99. The summed E-state index contributed by atoms with van der Waals surface area (Å²) >= 11 is 2.04. The lowest BCUT2D eigenvalue weighted by atomic mass is 10.0. The standard InChI is InChI=1S/C14H18N2S/c15-8-14(13-4-2-1-3-5-13)10-16-9-12-6-7-17-11-12/h1-5,12,14,16H,6-7,9-11H2. The summed E-state index contributed by atoms with van der Waals surface area (Å²) in [6.07, 6.45) is 1.32. The van der Waals surface area contributed by atoms with Crippen LogP contribution in [-0.2, 0) is 0 Å². The minimum absolute atomic E-state index is 0.0229. The number of hydrogen-bond acceptors (Lipinski definition) is 3. The van der Waals surface area contributed by atoms with Gasteiger partial charge in [-0.25, -0.2) is 0 Å². The predicted octanol–water partition coefficient (Wildman–Crippen LogP) is 2.64. The average molecular weight is 246 g/mol. The van der Waals surface area contributed by atoms with E-state index in [1.54, 1.807) is 0 Å². The Morgan fingerprint density at radius 1 is 1.41 bits per heavy atom. The van der Waals surface area contributed by atoms with Crippen LogP contribution in [0, 0.1) is 17.2 Å². The predicted molar refractivity (Wildman–Crippen MR) is 73.1 cm³/mol. The number of thioether (sulfide) groups is 1. The first-order valence-corrected chi connectivity index (χ1v) is 7.28. The van der Waals surface area contributed by atoms with E-state index in [1.165, 1.54) is 17.9 Å². The molecular formula is C14H18N2S. The van der Waals surface area contributed by atoms with Gasteiger partial charge in [0.25, 0.3) is 0 Å². The molecule has 1 N–H and O–H groups in total. The summed E-state index contributed by atoms with van der Waals surface area (Å²) in [5.41, 5.74) is 1.11. The number of benzene rings is 1. The van der Waals surface area contributed by atoms with Crippen molar-refractivity contribution in [1.29, 1.82) is 5.26 Å². The zero-order valence-corrected chi connectivity index (χ0v) is 10.7. The van der Waals surface area contributed by atoms with Crippen molar-refractivity contribution in [3.8, 4) is 6.07 Å². The van der Waals surface area contributed by atoms with Crippen molar-refractivity contribution in [3.63, 3.8) is 0 Å². The zero-order valence-electron chi connectivity index (χ0n) is 9.93. The van der Waals surface area contributed by atoms with E-state index in [2.05, 4.69) is 11.4 Å². The maximum atomic E-state index is 9.18. The largest absolute Gasteiger partial charge is 0.315 e. The van der Waals surface area contributed by atoms with Crippen molar-refractivity contribution >= 4 is 11.8 Å². The number of hydrogen-bond donors (Lipinski definition) is 1. The first-order chi connectivity index (χ1) is 8.40. The molecule has 2 unspecified atom stereocenters. The highest BCUT2D eigenvalue weighted by atomic mass is 32.2. The normalized spacial score (nSPS) is 21.0. The van der Waals surface area contributed by atoms with Crippen LogP contribution in [0.15, 0.2) is 30.3 Å². The Balaban J connectivity index is 1.78. The minimum Gasteiger partial charge on any atom is -0.315 e. The number of nitrogens with one attached hydrogen (secondary N) is 1. The van der Waals surface area contributed by atoms with Gasteiger partial charge < -0.3 is 5.32 Å². The summed E-state index contributed by atoms with van der Waals surface area (Å²) in [6.45, 7) is 1.82. The summed E-state index contributed by atoms with van der Waals surface area (Å²) in [4.78, 5) is 0. The molecule has 90 valence electrons. The minimum atomic E-state index is -0.0229. The first-order valence-electron chi connectivity index (χ1n) is 6.13. The van der Waals surface area contributed by atoms with Crippen molar-refractivity contribution in [3.05, 3.63) is 35.9 Å². The fourth-order valence-electron chi connectivity index (χ4n) is 2.10. The monoisotopic (exact) mass is 246 g/mol. The molecule has 1 aliphatic heterocycles. The second-order valence-corrected chi connectivity index (χ2v) is 5.63. The molecule has 0 saturated carbocycles. The maximum absolute atomic E-state index is 9.18. The summed E-state index contributed by atoms with van der Waals surface area (Å²) in [5, 5.41) is 12.6. The van der Waals surface area contributed by atoms with Crippen LogP contribution in [0.4, 0.5) is 0 Å². The van der Waals surface area contributed by atoms with Gasteiger partial charge in [0, 0.05) is 6.54 Å². The third kappa shape index (κ3) is 3.76. The lowest BCUT2D eigenvalue weighted by Gasteiger charge is -2.13. The summed E-state index contributed by atoms with van der Waals surface area (Å²) < 4.78 is 0. The van der Waals surface area contributed by atoms with Gasteiger partial charge in [-0.15, -0.1) is 0 Å². The van der Waals surface area contributed by atoms with Crippen molar-refractivity contribution in [2.45, 2.75) is 12.3 Å². The van der Waals surface area contributed by atoms with Crippen LogP contribution in [0.5, 0.6) is 0 Å². The van der Waals surface area contributed by atoms with Crippen molar-refractivity contribution in [1.82, 2.24) is 5.32 Å². The second-order valence-electron chi connectivity index (χ2n) is 4.48. The Morgan fingerprint density at radius 3 is 2.88 bits per heavy atom. The molecule has 1 aliphatic rings. The zero-order chi connectivity index (χ0) is 11.9. The lowest BCUT2D eigenvalue weighted by molar-refractivity contribution is 0.517. The van der Waals surface area contributed by atoms with E-state index < -0.39 is 0 Å². The van der Waals surface area contributed by atoms with Crippen LogP contribution in [-0.4, -0.2) is 24.6 Å². The van der Waals surface area contributed by atoms with Gasteiger partial charge in [0.1, 0.15) is 0 Å². The average Bonchev–Trinajstić information content (AvgIpc) is 2.89. The molecule has 2 atom stereocenters. The molecule has 2 rings (SSSR count). The van der Waals surface area contributed by atoms with Crippen molar-refractivity contribution in [2.24, 2.45) is 5.92 Å². The first kappa shape index (κ1) is 12.5. The van der Waals surface area contributed by atoms with E-state index in [1.807, 2.05) is 42.1 Å². The highest BCUT2D eigenvalue weighted by Gasteiger charge is 2.16. The van der Waals surface area contributed by atoms with Crippen LogP contribution in [0.3, 0.4) is 0 Å². The van der Waals surface area contributed by atoms with Crippen LogP contribution < -0.4 is 5.32 Å². The molecule has 1 heterocycles. The summed E-state index contributed by atoms with van der Waals surface area (Å²) in [6, 6.07) is 12.4. The number of nitriles is 1. The third-order valence-corrected chi connectivity index (χ3v) is 4.39. The Morgan fingerprint density at radius 2 is 2.24 bits per heavy atom.